The molecule has 2 aromatic rings. The molecule has 0 saturated heterocycles. The lowest BCUT2D eigenvalue weighted by Crippen LogP contribution is -2.35. The Morgan fingerprint density at radius 2 is 1.75 bits per heavy atom. The monoisotopic (exact) mass is 345 g/mol. The fourth-order valence-corrected chi connectivity index (χ4v) is 4.24. The van der Waals surface area contributed by atoms with Crippen molar-refractivity contribution < 1.29 is 17.9 Å². The van der Waals surface area contributed by atoms with Gasteiger partial charge in [-0.25, -0.2) is 8.42 Å². The van der Waals surface area contributed by atoms with Gasteiger partial charge in [-0.3, -0.25) is 4.79 Å². The zero-order chi connectivity index (χ0) is 17.5. The van der Waals surface area contributed by atoms with Crippen molar-refractivity contribution in [3.05, 3.63) is 53.1 Å². The van der Waals surface area contributed by atoms with E-state index in [1.807, 2.05) is 32.0 Å². The smallest absolute Gasteiger partial charge is 0.264 e. The number of carbonyl (C=O) groups excluding carboxylic acids is 1. The Hall–Kier alpha value is -2.34. The molecule has 0 saturated carbocycles. The number of carbonyl (C=O) groups is 1. The van der Waals surface area contributed by atoms with Gasteiger partial charge in [0.2, 0.25) is 0 Å². The molecule has 0 radical (unpaired) electrons. The Kier molecular flexibility index (Phi) is 4.09. The minimum absolute atomic E-state index is 0.0296. The zero-order valence-electron chi connectivity index (χ0n) is 13.9. The van der Waals surface area contributed by atoms with Gasteiger partial charge in [-0.05, 0) is 37.6 Å². The lowest BCUT2D eigenvalue weighted by Gasteiger charge is -2.26. The second-order valence-electron chi connectivity index (χ2n) is 6.13. The first kappa shape index (κ1) is 16.5. The molecule has 2 aromatic carbocycles. The fraction of sp³-hybridized carbons (Fsp3) is 0.278. The van der Waals surface area contributed by atoms with Gasteiger partial charge in [0.05, 0.1) is 16.3 Å². The molecule has 126 valence electrons. The number of amides is 1. The molecule has 1 heterocycles. The van der Waals surface area contributed by atoms with E-state index >= 15 is 0 Å². The van der Waals surface area contributed by atoms with E-state index in [9.17, 15) is 13.2 Å². The Labute approximate surface area is 141 Å². The molecular weight excluding hydrogens is 326 g/mol. The highest BCUT2D eigenvalue weighted by Crippen LogP contribution is 2.34. The van der Waals surface area contributed by atoms with Gasteiger partial charge in [-0.2, -0.15) is 0 Å². The number of hydrogen-bond donors (Lipinski definition) is 0. The van der Waals surface area contributed by atoms with E-state index in [1.165, 1.54) is 17.0 Å². The van der Waals surface area contributed by atoms with Crippen LogP contribution in [-0.2, 0) is 20.4 Å². The van der Waals surface area contributed by atoms with Gasteiger partial charge in [0.25, 0.3) is 5.91 Å². The minimum atomic E-state index is -3.51. The van der Waals surface area contributed by atoms with Gasteiger partial charge in [0.15, 0.2) is 16.4 Å². The predicted molar refractivity (Wildman–Crippen MR) is 92.2 cm³/mol. The molecule has 0 atom stereocenters. The maximum atomic E-state index is 12.8. The second-order valence-corrected chi connectivity index (χ2v) is 8.12. The number of benzene rings is 2. The number of hydrogen-bond acceptors (Lipinski definition) is 4. The third kappa shape index (κ3) is 3.14. The van der Waals surface area contributed by atoms with Crippen molar-refractivity contribution in [1.29, 1.82) is 0 Å². The minimum Gasteiger partial charge on any atom is -0.482 e. The summed E-state index contributed by atoms with van der Waals surface area (Å²) in [5.41, 5.74) is 3.30. The largest absolute Gasteiger partial charge is 0.482 e. The van der Waals surface area contributed by atoms with Gasteiger partial charge >= 0.3 is 0 Å². The summed E-state index contributed by atoms with van der Waals surface area (Å²) in [6, 6.07) is 10.4. The predicted octanol–water partition coefficient (Wildman–Crippen LogP) is 2.63. The molecule has 6 heteroatoms. The van der Waals surface area contributed by atoms with Crippen molar-refractivity contribution in [2.75, 3.05) is 18.6 Å². The van der Waals surface area contributed by atoms with Gasteiger partial charge in [-0.15, -0.1) is 0 Å². The summed E-state index contributed by atoms with van der Waals surface area (Å²) in [4.78, 5) is 13.3. The number of aryl methyl sites for hydroxylation is 2. The summed E-state index contributed by atoms with van der Waals surface area (Å²) in [5.74, 6) is 0.237. The molecule has 0 N–H and O–H groups in total. The second kappa shape index (κ2) is 5.94. The quantitative estimate of drug-likeness (QED) is 0.858. The van der Waals surface area contributed by atoms with Crippen LogP contribution in [0.25, 0.3) is 0 Å². The number of anilines is 1. The summed E-state index contributed by atoms with van der Waals surface area (Å²) < 4.78 is 30.8. The summed E-state index contributed by atoms with van der Waals surface area (Å²) >= 11 is 0. The van der Waals surface area contributed by atoms with Crippen molar-refractivity contribution in [3.8, 4) is 5.75 Å². The molecule has 0 aromatic heterocycles. The Morgan fingerprint density at radius 1 is 1.08 bits per heavy atom. The molecule has 0 aliphatic carbocycles. The molecule has 0 fully saturated rings. The van der Waals surface area contributed by atoms with Gasteiger partial charge < -0.3 is 9.64 Å². The van der Waals surface area contributed by atoms with Crippen molar-refractivity contribution >= 4 is 21.4 Å². The van der Waals surface area contributed by atoms with Crippen LogP contribution in [0.4, 0.5) is 5.69 Å². The molecule has 1 aliphatic heterocycles. The van der Waals surface area contributed by atoms with Gasteiger partial charge in [-0.1, -0.05) is 29.3 Å². The van der Waals surface area contributed by atoms with Crippen molar-refractivity contribution in [1.82, 2.24) is 0 Å². The van der Waals surface area contributed by atoms with E-state index < -0.39 is 9.84 Å². The molecule has 1 amide bonds. The van der Waals surface area contributed by atoms with Crippen LogP contribution in [0.2, 0.25) is 0 Å². The van der Waals surface area contributed by atoms with Crippen LogP contribution in [0, 0.1) is 13.8 Å². The van der Waals surface area contributed by atoms with Crippen LogP contribution in [0.3, 0.4) is 0 Å². The van der Waals surface area contributed by atoms with E-state index in [0.29, 0.717) is 11.4 Å². The van der Waals surface area contributed by atoms with Crippen molar-refractivity contribution in [2.24, 2.45) is 0 Å². The Balaban J connectivity index is 1.97. The number of likely N-dealkylation sites (N-methyl/N-ethyl adjacent to an activating group) is 1. The summed E-state index contributed by atoms with van der Waals surface area (Å²) in [6.45, 7) is 3.86. The molecule has 0 spiro atoms. The van der Waals surface area contributed by atoms with Crippen LogP contribution >= 0.6 is 0 Å². The van der Waals surface area contributed by atoms with E-state index in [2.05, 4.69) is 0 Å². The number of fused-ring (bicyclic) bond motifs is 1. The standard InChI is InChI=1S/C18H19NO4S/c1-12-6-13(2)8-14(7-12)11-24(21,22)15-4-5-17-16(9-15)19(3)18(20)10-23-17/h4-9H,10-11H2,1-3H3. The third-order valence-electron chi connectivity index (χ3n) is 4.01. The highest BCUT2D eigenvalue weighted by molar-refractivity contribution is 7.90. The van der Waals surface area contributed by atoms with E-state index in [0.717, 1.165) is 16.7 Å². The van der Waals surface area contributed by atoms with E-state index in [-0.39, 0.29) is 23.2 Å². The first-order valence-electron chi connectivity index (χ1n) is 7.59. The normalized spacial score (nSPS) is 14.3. The average Bonchev–Trinajstić information content (AvgIpc) is 2.49. The number of nitrogens with zero attached hydrogens (tertiary/aromatic N) is 1. The summed E-state index contributed by atoms with van der Waals surface area (Å²) in [5, 5.41) is 0. The number of rotatable bonds is 3. The molecular formula is C18H19NO4S. The number of ether oxygens (including phenoxy) is 1. The molecule has 3 rings (SSSR count). The molecule has 5 nitrogen and oxygen atoms in total. The van der Waals surface area contributed by atoms with Crippen LogP contribution in [-0.4, -0.2) is 28.0 Å². The summed E-state index contributed by atoms with van der Waals surface area (Å²) in [6.07, 6.45) is 0. The molecule has 0 unspecified atom stereocenters. The maximum Gasteiger partial charge on any atom is 0.264 e. The number of sulfone groups is 1. The summed E-state index contributed by atoms with van der Waals surface area (Å²) in [7, 11) is -1.90. The van der Waals surface area contributed by atoms with Gasteiger partial charge in [0.1, 0.15) is 5.75 Å². The first-order valence-corrected chi connectivity index (χ1v) is 9.25. The SMILES string of the molecule is Cc1cc(C)cc(CS(=O)(=O)c2ccc3c(c2)N(C)C(=O)CO3)c1. The van der Waals surface area contributed by atoms with Gasteiger partial charge in [0, 0.05) is 7.05 Å². The van der Waals surface area contributed by atoms with E-state index in [1.54, 1.807) is 13.1 Å². The molecule has 1 aliphatic rings. The lowest BCUT2D eigenvalue weighted by atomic mass is 10.1. The zero-order valence-corrected chi connectivity index (χ0v) is 14.7. The third-order valence-corrected chi connectivity index (χ3v) is 5.70. The van der Waals surface area contributed by atoms with Crippen molar-refractivity contribution in [3.63, 3.8) is 0 Å². The van der Waals surface area contributed by atoms with Crippen LogP contribution in [0.1, 0.15) is 16.7 Å². The molecule has 0 bridgehead atoms. The van der Waals surface area contributed by atoms with Crippen LogP contribution in [0.15, 0.2) is 41.3 Å². The average molecular weight is 345 g/mol. The topological polar surface area (TPSA) is 63.7 Å². The Bertz CT molecular complexity index is 898. The highest BCUT2D eigenvalue weighted by atomic mass is 32.2. The first-order chi connectivity index (χ1) is 11.3. The highest BCUT2D eigenvalue weighted by Gasteiger charge is 2.25. The fourth-order valence-electron chi connectivity index (χ4n) is 2.90. The van der Waals surface area contributed by atoms with E-state index in [4.69, 9.17) is 4.74 Å². The van der Waals surface area contributed by atoms with Crippen LogP contribution in [0.5, 0.6) is 5.75 Å². The molecule has 24 heavy (non-hydrogen) atoms. The Morgan fingerprint density at radius 3 is 2.42 bits per heavy atom. The maximum absolute atomic E-state index is 12.8. The van der Waals surface area contributed by atoms with Crippen LogP contribution < -0.4 is 9.64 Å². The lowest BCUT2D eigenvalue weighted by molar-refractivity contribution is -0.120. The van der Waals surface area contributed by atoms with Crippen molar-refractivity contribution in [2.45, 2.75) is 24.5 Å².